The number of phenols is 1. The second-order valence-corrected chi connectivity index (χ2v) is 4.93. The monoisotopic (exact) mass is 321 g/mol. The van der Waals surface area contributed by atoms with Crippen molar-refractivity contribution in [3.8, 4) is 5.75 Å². The Hall–Kier alpha value is -2.08. The summed E-state index contributed by atoms with van der Waals surface area (Å²) in [6.45, 7) is 1.83. The zero-order chi connectivity index (χ0) is 14.0. The first-order valence-electron chi connectivity index (χ1n) is 5.49. The van der Waals surface area contributed by atoms with Crippen molar-refractivity contribution in [2.75, 3.05) is 11.1 Å². The number of benzene rings is 1. The fourth-order valence-corrected chi connectivity index (χ4v) is 2.02. The zero-order valence-electron chi connectivity index (χ0n) is 10.1. The first-order chi connectivity index (χ1) is 8.97. The number of nitrogens with two attached hydrogens (primary N) is 1. The number of phenolic OH excluding ortho intramolecular Hbond substituents is 1. The van der Waals surface area contributed by atoms with Gasteiger partial charge in [0.05, 0.1) is 21.9 Å². The lowest BCUT2D eigenvalue weighted by Crippen LogP contribution is -2.13. The maximum atomic E-state index is 12.0. The summed E-state index contributed by atoms with van der Waals surface area (Å²) in [7, 11) is 0. The number of hydrogen-bond donors (Lipinski definition) is 3. The SMILES string of the molecule is Cc1ccc(C(=O)Nc2ncc(N)cc2Br)c(O)c1. The maximum absolute atomic E-state index is 12.0. The standard InChI is InChI=1S/C13H12BrN3O2/c1-7-2-3-9(11(18)4-7)13(19)17-12-10(14)5-8(15)6-16-12/h2-6,18H,15H2,1H3,(H,16,17,19). The van der Waals surface area contributed by atoms with E-state index in [1.807, 2.05) is 6.92 Å². The van der Waals surface area contributed by atoms with E-state index in [1.54, 1.807) is 18.2 Å². The number of carbonyl (C=O) groups excluding carboxylic acids is 1. The molecule has 0 aliphatic carbocycles. The van der Waals surface area contributed by atoms with E-state index in [4.69, 9.17) is 5.73 Å². The number of aromatic nitrogens is 1. The Balaban J connectivity index is 2.25. The quantitative estimate of drug-likeness (QED) is 0.793. The van der Waals surface area contributed by atoms with Gasteiger partial charge in [0.15, 0.2) is 0 Å². The Kier molecular flexibility index (Phi) is 3.71. The van der Waals surface area contributed by atoms with Gasteiger partial charge in [-0.15, -0.1) is 0 Å². The van der Waals surface area contributed by atoms with E-state index < -0.39 is 5.91 Å². The van der Waals surface area contributed by atoms with Crippen LogP contribution in [0.15, 0.2) is 34.9 Å². The fraction of sp³-hybridized carbons (Fsp3) is 0.0769. The van der Waals surface area contributed by atoms with Gasteiger partial charge in [-0.3, -0.25) is 4.79 Å². The Labute approximate surface area is 118 Å². The number of halogens is 1. The first-order valence-corrected chi connectivity index (χ1v) is 6.28. The highest BCUT2D eigenvalue weighted by Crippen LogP contribution is 2.24. The molecule has 1 amide bonds. The van der Waals surface area contributed by atoms with Crippen LogP contribution in [0, 0.1) is 6.92 Å². The molecule has 0 saturated heterocycles. The van der Waals surface area contributed by atoms with Crippen molar-refractivity contribution in [3.05, 3.63) is 46.1 Å². The predicted molar refractivity (Wildman–Crippen MR) is 77.1 cm³/mol. The van der Waals surface area contributed by atoms with Crippen LogP contribution in [0.25, 0.3) is 0 Å². The number of nitrogen functional groups attached to an aromatic ring is 1. The summed E-state index contributed by atoms with van der Waals surface area (Å²) in [6, 6.07) is 6.48. The van der Waals surface area contributed by atoms with Crippen LogP contribution in [-0.4, -0.2) is 16.0 Å². The number of pyridine rings is 1. The van der Waals surface area contributed by atoms with Gasteiger partial charge in [0.25, 0.3) is 5.91 Å². The molecule has 2 aromatic rings. The number of carbonyl (C=O) groups is 1. The molecule has 0 saturated carbocycles. The summed E-state index contributed by atoms with van der Waals surface area (Å²) < 4.78 is 0.576. The number of aromatic hydroxyl groups is 1. The van der Waals surface area contributed by atoms with Gasteiger partial charge in [0.2, 0.25) is 0 Å². The van der Waals surface area contributed by atoms with Crippen LogP contribution in [0.2, 0.25) is 0 Å². The topological polar surface area (TPSA) is 88.2 Å². The summed E-state index contributed by atoms with van der Waals surface area (Å²) in [6.07, 6.45) is 1.44. The van der Waals surface area contributed by atoms with E-state index in [0.29, 0.717) is 16.0 Å². The second kappa shape index (κ2) is 5.27. The lowest BCUT2D eigenvalue weighted by atomic mass is 10.1. The van der Waals surface area contributed by atoms with E-state index >= 15 is 0 Å². The Bertz CT molecular complexity index is 644. The molecule has 0 aliphatic heterocycles. The number of amides is 1. The Morgan fingerprint density at radius 1 is 1.42 bits per heavy atom. The number of anilines is 2. The van der Waals surface area contributed by atoms with Gasteiger partial charge >= 0.3 is 0 Å². The number of rotatable bonds is 2. The Morgan fingerprint density at radius 3 is 2.79 bits per heavy atom. The molecule has 6 heteroatoms. The Morgan fingerprint density at radius 2 is 2.16 bits per heavy atom. The summed E-state index contributed by atoms with van der Waals surface area (Å²) in [5, 5.41) is 12.3. The second-order valence-electron chi connectivity index (χ2n) is 4.07. The van der Waals surface area contributed by atoms with Crippen LogP contribution in [0.5, 0.6) is 5.75 Å². The summed E-state index contributed by atoms with van der Waals surface area (Å²) in [5.41, 5.74) is 7.12. The molecule has 1 aromatic heterocycles. The van der Waals surface area contributed by atoms with Crippen LogP contribution < -0.4 is 11.1 Å². The molecule has 0 fully saturated rings. The molecule has 1 aromatic carbocycles. The van der Waals surface area contributed by atoms with Gasteiger partial charge in [-0.1, -0.05) is 6.07 Å². The molecule has 0 radical (unpaired) electrons. The van der Waals surface area contributed by atoms with E-state index in [1.165, 1.54) is 12.3 Å². The van der Waals surface area contributed by atoms with Crippen molar-refractivity contribution in [2.24, 2.45) is 0 Å². The van der Waals surface area contributed by atoms with Crippen molar-refractivity contribution in [1.29, 1.82) is 0 Å². The molecule has 2 rings (SSSR count). The lowest BCUT2D eigenvalue weighted by Gasteiger charge is -2.08. The number of nitrogens with one attached hydrogen (secondary N) is 1. The molecule has 98 valence electrons. The summed E-state index contributed by atoms with van der Waals surface area (Å²) in [5.74, 6) is -0.154. The molecular weight excluding hydrogens is 310 g/mol. The van der Waals surface area contributed by atoms with E-state index in [-0.39, 0.29) is 11.3 Å². The summed E-state index contributed by atoms with van der Waals surface area (Å²) >= 11 is 3.26. The highest BCUT2D eigenvalue weighted by atomic mass is 79.9. The van der Waals surface area contributed by atoms with Gasteiger partial charge < -0.3 is 16.2 Å². The third kappa shape index (κ3) is 3.03. The molecule has 5 nitrogen and oxygen atoms in total. The van der Waals surface area contributed by atoms with Gasteiger partial charge in [-0.05, 0) is 46.6 Å². The highest BCUT2D eigenvalue weighted by Gasteiger charge is 2.13. The van der Waals surface area contributed by atoms with Gasteiger partial charge in [-0.2, -0.15) is 0 Å². The van der Waals surface area contributed by atoms with E-state index in [9.17, 15) is 9.90 Å². The molecule has 19 heavy (non-hydrogen) atoms. The fourth-order valence-electron chi connectivity index (χ4n) is 1.55. The summed E-state index contributed by atoms with van der Waals surface area (Å²) in [4.78, 5) is 16.0. The predicted octanol–water partition coefficient (Wildman–Crippen LogP) is 2.69. The van der Waals surface area contributed by atoms with E-state index in [0.717, 1.165) is 5.56 Å². The third-order valence-electron chi connectivity index (χ3n) is 2.49. The smallest absolute Gasteiger partial charge is 0.260 e. The molecule has 4 N–H and O–H groups in total. The van der Waals surface area contributed by atoms with Crippen molar-refractivity contribution >= 4 is 33.3 Å². The largest absolute Gasteiger partial charge is 0.507 e. The molecular formula is C13H12BrN3O2. The number of aryl methyl sites for hydroxylation is 1. The third-order valence-corrected chi connectivity index (χ3v) is 3.10. The molecule has 0 atom stereocenters. The number of hydrogen-bond acceptors (Lipinski definition) is 4. The number of nitrogens with zero attached hydrogens (tertiary/aromatic N) is 1. The maximum Gasteiger partial charge on any atom is 0.260 e. The average Bonchev–Trinajstić information content (AvgIpc) is 2.32. The van der Waals surface area contributed by atoms with Crippen molar-refractivity contribution in [1.82, 2.24) is 4.98 Å². The minimum Gasteiger partial charge on any atom is -0.507 e. The van der Waals surface area contributed by atoms with Crippen LogP contribution in [-0.2, 0) is 0 Å². The van der Waals surface area contributed by atoms with Gasteiger partial charge in [0, 0.05) is 0 Å². The van der Waals surface area contributed by atoms with Crippen LogP contribution in [0.1, 0.15) is 15.9 Å². The average molecular weight is 322 g/mol. The molecule has 0 unspecified atom stereocenters. The van der Waals surface area contributed by atoms with Gasteiger partial charge in [-0.25, -0.2) is 4.98 Å². The van der Waals surface area contributed by atoms with Gasteiger partial charge in [0.1, 0.15) is 11.6 Å². The van der Waals surface area contributed by atoms with Crippen molar-refractivity contribution in [3.63, 3.8) is 0 Å². The zero-order valence-corrected chi connectivity index (χ0v) is 11.7. The molecule has 0 aliphatic rings. The van der Waals surface area contributed by atoms with Crippen molar-refractivity contribution < 1.29 is 9.90 Å². The minimum atomic E-state index is -0.435. The van der Waals surface area contributed by atoms with E-state index in [2.05, 4.69) is 26.2 Å². The van der Waals surface area contributed by atoms with Crippen molar-refractivity contribution in [2.45, 2.75) is 6.92 Å². The molecule has 1 heterocycles. The van der Waals surface area contributed by atoms with Crippen LogP contribution in [0.4, 0.5) is 11.5 Å². The lowest BCUT2D eigenvalue weighted by molar-refractivity contribution is 0.102. The van der Waals surface area contributed by atoms with Crippen LogP contribution in [0.3, 0.4) is 0 Å². The normalized spacial score (nSPS) is 10.2. The molecule has 0 bridgehead atoms. The van der Waals surface area contributed by atoms with Crippen LogP contribution >= 0.6 is 15.9 Å². The minimum absolute atomic E-state index is 0.0657. The molecule has 0 spiro atoms. The highest BCUT2D eigenvalue weighted by molar-refractivity contribution is 9.10. The first kappa shape index (κ1) is 13.4.